The predicted molar refractivity (Wildman–Crippen MR) is 76.7 cm³/mol. The molecule has 2 aromatic heterocycles. The Balaban J connectivity index is 1.83. The zero-order valence-corrected chi connectivity index (χ0v) is 11.9. The van der Waals surface area contributed by atoms with Crippen molar-refractivity contribution in [3.63, 3.8) is 0 Å². The Bertz CT molecular complexity index is 649. The van der Waals surface area contributed by atoms with E-state index < -0.39 is 0 Å². The molecule has 0 aromatic carbocycles. The maximum absolute atomic E-state index is 9.18. The van der Waals surface area contributed by atoms with Crippen LogP contribution in [0.4, 0.5) is 5.82 Å². The van der Waals surface area contributed by atoms with E-state index in [4.69, 9.17) is 4.74 Å². The number of ether oxygens (including phenoxy) is 1. The van der Waals surface area contributed by atoms with E-state index in [1.807, 2.05) is 12.3 Å². The van der Waals surface area contributed by atoms with E-state index in [1.165, 1.54) is 0 Å². The second-order valence-corrected chi connectivity index (χ2v) is 5.51. The summed E-state index contributed by atoms with van der Waals surface area (Å²) in [4.78, 5) is 10.9. The molecule has 1 fully saturated rings. The van der Waals surface area contributed by atoms with Crippen molar-refractivity contribution in [2.24, 2.45) is 0 Å². The number of anilines is 1. The van der Waals surface area contributed by atoms with Crippen LogP contribution in [0.15, 0.2) is 23.7 Å². The summed E-state index contributed by atoms with van der Waals surface area (Å²) in [5, 5.41) is 12.2. The first kappa shape index (κ1) is 13.0. The quantitative estimate of drug-likeness (QED) is 0.847. The Kier molecular flexibility index (Phi) is 3.63. The van der Waals surface area contributed by atoms with Gasteiger partial charge in [-0.15, -0.1) is 11.3 Å². The molecule has 1 atom stereocenters. The number of nitrogens with zero attached hydrogens (tertiary/aromatic N) is 4. The second-order valence-electron chi connectivity index (χ2n) is 4.62. The highest BCUT2D eigenvalue weighted by Gasteiger charge is 2.26. The largest absolute Gasteiger partial charge is 0.367 e. The van der Waals surface area contributed by atoms with Crippen LogP contribution in [0.25, 0.3) is 0 Å². The molecule has 102 valence electrons. The SMILES string of the molecule is Cc1csc(C2CN(c3ncccc3C#N)CCO2)n1. The highest BCUT2D eigenvalue weighted by molar-refractivity contribution is 7.09. The van der Waals surface area contributed by atoms with E-state index >= 15 is 0 Å². The molecule has 1 saturated heterocycles. The van der Waals surface area contributed by atoms with Gasteiger partial charge in [0.25, 0.3) is 0 Å². The minimum Gasteiger partial charge on any atom is -0.367 e. The third-order valence-electron chi connectivity index (χ3n) is 3.19. The lowest BCUT2D eigenvalue weighted by atomic mass is 10.2. The minimum absolute atomic E-state index is 0.0454. The van der Waals surface area contributed by atoms with Crippen LogP contribution in [0.5, 0.6) is 0 Å². The molecule has 0 bridgehead atoms. The molecule has 1 aliphatic heterocycles. The molecular formula is C14H14N4OS. The van der Waals surface area contributed by atoms with Gasteiger partial charge in [-0.05, 0) is 19.1 Å². The Hall–Kier alpha value is -1.97. The van der Waals surface area contributed by atoms with Crippen molar-refractivity contribution in [2.75, 3.05) is 24.6 Å². The van der Waals surface area contributed by atoms with Gasteiger partial charge in [0, 0.05) is 23.8 Å². The van der Waals surface area contributed by atoms with Gasteiger partial charge in [0.15, 0.2) is 0 Å². The van der Waals surface area contributed by atoms with Crippen molar-refractivity contribution in [1.29, 1.82) is 5.26 Å². The molecule has 3 rings (SSSR count). The summed E-state index contributed by atoms with van der Waals surface area (Å²) in [7, 11) is 0. The maximum Gasteiger partial charge on any atom is 0.146 e. The topological polar surface area (TPSA) is 62.0 Å². The number of morpholine rings is 1. The third kappa shape index (κ3) is 2.50. The summed E-state index contributed by atoms with van der Waals surface area (Å²) in [5.41, 5.74) is 1.62. The molecule has 1 unspecified atom stereocenters. The third-order valence-corrected chi connectivity index (χ3v) is 4.24. The molecule has 0 radical (unpaired) electrons. The number of hydrogen-bond donors (Lipinski definition) is 0. The smallest absolute Gasteiger partial charge is 0.146 e. The molecule has 0 N–H and O–H groups in total. The maximum atomic E-state index is 9.18. The normalized spacial score (nSPS) is 18.8. The lowest BCUT2D eigenvalue weighted by Crippen LogP contribution is -2.39. The van der Waals surface area contributed by atoms with Gasteiger partial charge in [-0.1, -0.05) is 0 Å². The van der Waals surface area contributed by atoms with Crippen molar-refractivity contribution in [3.8, 4) is 6.07 Å². The fraction of sp³-hybridized carbons (Fsp3) is 0.357. The molecular weight excluding hydrogens is 272 g/mol. The summed E-state index contributed by atoms with van der Waals surface area (Å²) in [6.45, 7) is 4.02. The number of thiazole rings is 1. The van der Waals surface area contributed by atoms with Crippen LogP contribution < -0.4 is 4.90 Å². The number of rotatable bonds is 2. The minimum atomic E-state index is -0.0454. The Morgan fingerprint density at radius 1 is 1.55 bits per heavy atom. The average molecular weight is 286 g/mol. The first-order chi connectivity index (χ1) is 9.78. The number of aromatic nitrogens is 2. The lowest BCUT2D eigenvalue weighted by Gasteiger charge is -2.33. The summed E-state index contributed by atoms with van der Waals surface area (Å²) in [5.74, 6) is 0.733. The van der Waals surface area contributed by atoms with Crippen LogP contribution in [0.2, 0.25) is 0 Å². The van der Waals surface area contributed by atoms with Crippen molar-refractivity contribution in [2.45, 2.75) is 13.0 Å². The van der Waals surface area contributed by atoms with Crippen LogP contribution in [0, 0.1) is 18.3 Å². The summed E-state index contributed by atoms with van der Waals surface area (Å²) in [6.07, 6.45) is 1.67. The van der Waals surface area contributed by atoms with Crippen molar-refractivity contribution < 1.29 is 4.74 Å². The fourth-order valence-corrected chi connectivity index (χ4v) is 3.08. The Morgan fingerprint density at radius 3 is 3.20 bits per heavy atom. The molecule has 0 aliphatic carbocycles. The van der Waals surface area contributed by atoms with Gasteiger partial charge in [0.05, 0.1) is 18.7 Å². The van der Waals surface area contributed by atoms with Crippen LogP contribution in [0.3, 0.4) is 0 Å². The first-order valence-corrected chi connectivity index (χ1v) is 7.29. The number of pyridine rings is 1. The highest BCUT2D eigenvalue weighted by atomic mass is 32.1. The molecule has 1 aliphatic rings. The van der Waals surface area contributed by atoms with Gasteiger partial charge >= 0.3 is 0 Å². The lowest BCUT2D eigenvalue weighted by molar-refractivity contribution is 0.0393. The van der Waals surface area contributed by atoms with E-state index in [1.54, 1.807) is 29.7 Å². The highest BCUT2D eigenvalue weighted by Crippen LogP contribution is 2.28. The standard InChI is InChI=1S/C14H14N4OS/c1-10-9-20-14(17-10)12-8-18(5-6-19-12)13-11(7-15)3-2-4-16-13/h2-4,9,12H,5-6,8H2,1H3. The van der Waals surface area contributed by atoms with Gasteiger partial charge in [-0.3, -0.25) is 0 Å². The van der Waals surface area contributed by atoms with Gasteiger partial charge in [-0.25, -0.2) is 9.97 Å². The molecule has 0 amide bonds. The predicted octanol–water partition coefficient (Wildman–Crippen LogP) is 2.30. The van der Waals surface area contributed by atoms with E-state index in [2.05, 4.69) is 20.9 Å². The van der Waals surface area contributed by atoms with Crippen LogP contribution in [0.1, 0.15) is 22.4 Å². The van der Waals surface area contributed by atoms with Crippen molar-refractivity contribution >= 4 is 17.2 Å². The van der Waals surface area contributed by atoms with Gasteiger partial charge < -0.3 is 9.64 Å². The zero-order valence-electron chi connectivity index (χ0n) is 11.1. The Labute approximate surface area is 121 Å². The monoisotopic (exact) mass is 286 g/mol. The summed E-state index contributed by atoms with van der Waals surface area (Å²) in [6, 6.07) is 5.77. The van der Waals surface area contributed by atoms with Crippen LogP contribution in [-0.2, 0) is 4.74 Å². The van der Waals surface area contributed by atoms with E-state index in [-0.39, 0.29) is 6.10 Å². The molecule has 2 aromatic rings. The number of hydrogen-bond acceptors (Lipinski definition) is 6. The number of aryl methyl sites for hydroxylation is 1. The van der Waals surface area contributed by atoms with Crippen molar-refractivity contribution in [3.05, 3.63) is 40.0 Å². The van der Waals surface area contributed by atoms with Crippen LogP contribution >= 0.6 is 11.3 Å². The average Bonchev–Trinajstić information content (AvgIpc) is 2.94. The van der Waals surface area contributed by atoms with E-state index in [9.17, 15) is 5.26 Å². The molecule has 5 nitrogen and oxygen atoms in total. The molecule has 6 heteroatoms. The fourth-order valence-electron chi connectivity index (χ4n) is 2.25. The van der Waals surface area contributed by atoms with Gasteiger partial charge in [-0.2, -0.15) is 5.26 Å². The Morgan fingerprint density at radius 2 is 2.45 bits per heavy atom. The molecule has 0 saturated carbocycles. The number of nitriles is 1. The van der Waals surface area contributed by atoms with Gasteiger partial charge in [0.2, 0.25) is 0 Å². The van der Waals surface area contributed by atoms with Gasteiger partial charge in [0.1, 0.15) is 23.0 Å². The first-order valence-electron chi connectivity index (χ1n) is 6.41. The molecule has 20 heavy (non-hydrogen) atoms. The molecule has 3 heterocycles. The molecule has 0 spiro atoms. The van der Waals surface area contributed by atoms with Crippen molar-refractivity contribution in [1.82, 2.24) is 9.97 Å². The zero-order chi connectivity index (χ0) is 13.9. The van der Waals surface area contributed by atoms with E-state index in [0.717, 1.165) is 23.1 Å². The summed E-state index contributed by atoms with van der Waals surface area (Å²) >= 11 is 1.62. The van der Waals surface area contributed by atoms with E-state index in [0.29, 0.717) is 18.7 Å². The summed E-state index contributed by atoms with van der Waals surface area (Å²) < 4.78 is 5.80. The second kappa shape index (κ2) is 5.57. The van der Waals surface area contributed by atoms with Crippen LogP contribution in [-0.4, -0.2) is 29.7 Å².